The lowest BCUT2D eigenvalue weighted by Crippen LogP contribution is -2.32. The second kappa shape index (κ2) is 7.03. The van der Waals surface area contributed by atoms with Crippen LogP contribution in [0.1, 0.15) is 36.2 Å². The van der Waals surface area contributed by atoms with Gasteiger partial charge in [0, 0.05) is 17.0 Å². The van der Waals surface area contributed by atoms with Crippen LogP contribution in [-0.4, -0.2) is 16.7 Å². The Labute approximate surface area is 148 Å². The van der Waals surface area contributed by atoms with Crippen molar-refractivity contribution in [1.29, 1.82) is 0 Å². The van der Waals surface area contributed by atoms with Crippen molar-refractivity contribution in [2.45, 2.75) is 46.0 Å². The highest BCUT2D eigenvalue weighted by Crippen LogP contribution is 2.37. The highest BCUT2D eigenvalue weighted by molar-refractivity contribution is 7.12. The largest absolute Gasteiger partial charge is 0.444 e. The van der Waals surface area contributed by atoms with E-state index >= 15 is 0 Å². The van der Waals surface area contributed by atoms with Crippen molar-refractivity contribution in [3.05, 3.63) is 39.7 Å². The molecule has 1 N–H and O–H groups in total. The number of halogens is 3. The molecule has 0 radical (unpaired) electrons. The lowest BCUT2D eigenvalue weighted by molar-refractivity contribution is -0.137. The van der Waals surface area contributed by atoms with Crippen molar-refractivity contribution in [2.24, 2.45) is 0 Å². The van der Waals surface area contributed by atoms with Crippen LogP contribution in [0.15, 0.2) is 24.3 Å². The summed E-state index contributed by atoms with van der Waals surface area (Å²) in [5.41, 5.74) is 1.15. The fourth-order valence-electron chi connectivity index (χ4n) is 2.05. The van der Waals surface area contributed by atoms with Crippen LogP contribution in [-0.2, 0) is 17.5 Å². The topological polar surface area (TPSA) is 51.2 Å². The van der Waals surface area contributed by atoms with Crippen LogP contribution in [0, 0.1) is 6.92 Å². The van der Waals surface area contributed by atoms with Crippen molar-refractivity contribution >= 4 is 17.4 Å². The number of alkyl carbamates (subject to hydrolysis) is 1. The minimum absolute atomic E-state index is 0.263. The molecule has 0 atom stereocenters. The van der Waals surface area contributed by atoms with Crippen molar-refractivity contribution < 1.29 is 22.7 Å². The normalized spacial score (nSPS) is 12.1. The molecule has 2 aromatic rings. The highest BCUT2D eigenvalue weighted by Gasteiger charge is 2.35. The predicted octanol–water partition coefficient (Wildman–Crippen LogP) is 5.16. The van der Waals surface area contributed by atoms with Gasteiger partial charge < -0.3 is 10.1 Å². The van der Waals surface area contributed by atoms with Crippen LogP contribution in [0.25, 0.3) is 11.3 Å². The fraction of sp³-hybridized carbons (Fsp3) is 0.412. The number of alkyl halides is 3. The molecule has 1 heterocycles. The molecule has 0 saturated heterocycles. The fourth-order valence-corrected chi connectivity index (χ4v) is 2.86. The molecule has 0 fully saturated rings. The van der Waals surface area contributed by atoms with Crippen LogP contribution in [0.2, 0.25) is 0 Å². The summed E-state index contributed by atoms with van der Waals surface area (Å²) < 4.78 is 43.4. The number of aromatic nitrogens is 1. The number of aryl methyl sites for hydroxylation is 1. The molecule has 136 valence electrons. The predicted molar refractivity (Wildman–Crippen MR) is 90.4 cm³/mol. The Balaban J connectivity index is 2.05. The summed E-state index contributed by atoms with van der Waals surface area (Å²) in [6, 6.07) is 6.85. The number of carbonyl (C=O) groups is 1. The summed E-state index contributed by atoms with van der Waals surface area (Å²) >= 11 is 0.630. The molecule has 0 unspecified atom stereocenters. The lowest BCUT2D eigenvalue weighted by Gasteiger charge is -2.19. The number of amides is 1. The molecule has 0 spiro atoms. The lowest BCUT2D eigenvalue weighted by atomic mass is 10.1. The number of ether oxygens (including phenoxy) is 1. The Morgan fingerprint density at radius 2 is 1.80 bits per heavy atom. The Morgan fingerprint density at radius 3 is 2.28 bits per heavy atom. The van der Waals surface area contributed by atoms with Gasteiger partial charge in [-0.2, -0.15) is 13.2 Å². The van der Waals surface area contributed by atoms with E-state index in [2.05, 4.69) is 10.3 Å². The second-order valence-corrected chi connectivity index (χ2v) is 7.68. The van der Waals surface area contributed by atoms with Gasteiger partial charge >= 0.3 is 12.3 Å². The molecule has 2 rings (SSSR count). The minimum atomic E-state index is -4.44. The van der Waals surface area contributed by atoms with Gasteiger partial charge in [0.25, 0.3) is 0 Å². The Morgan fingerprint density at radius 1 is 1.20 bits per heavy atom. The van der Waals surface area contributed by atoms with Gasteiger partial charge in [0.2, 0.25) is 0 Å². The van der Waals surface area contributed by atoms with E-state index < -0.39 is 22.9 Å². The van der Waals surface area contributed by atoms with E-state index in [4.69, 9.17) is 4.74 Å². The molecule has 1 aromatic heterocycles. The number of benzene rings is 1. The number of thiazole rings is 1. The summed E-state index contributed by atoms with van der Waals surface area (Å²) in [5, 5.41) is 1.78. The van der Waals surface area contributed by atoms with Crippen LogP contribution in [0.3, 0.4) is 0 Å². The zero-order chi connectivity index (χ0) is 18.8. The summed E-state index contributed by atoms with van der Waals surface area (Å²) in [6.07, 6.45) is -4.97. The number of hydrogen-bond donors (Lipinski definition) is 1. The zero-order valence-electron chi connectivity index (χ0n) is 14.3. The van der Waals surface area contributed by atoms with E-state index in [9.17, 15) is 18.0 Å². The standard InChI is InChI=1S/C17H19F3N2O2S/c1-10-13(22-14(25-10)17(18,19)20)12-7-5-11(6-8-12)9-21-15(23)24-16(2,3)4/h5-8H,9H2,1-4H3,(H,21,23). The Kier molecular flexibility index (Phi) is 5.41. The third-order valence-corrected chi connectivity index (χ3v) is 4.12. The van der Waals surface area contributed by atoms with Crippen LogP contribution >= 0.6 is 11.3 Å². The SMILES string of the molecule is Cc1sc(C(F)(F)F)nc1-c1ccc(CNC(=O)OC(C)(C)C)cc1. The quantitative estimate of drug-likeness (QED) is 0.809. The van der Waals surface area contributed by atoms with Crippen LogP contribution < -0.4 is 5.32 Å². The molecule has 0 saturated carbocycles. The zero-order valence-corrected chi connectivity index (χ0v) is 15.1. The summed E-state index contributed by atoms with van der Waals surface area (Å²) in [5.74, 6) is 0. The molecular formula is C17H19F3N2O2S. The number of rotatable bonds is 3. The Bertz CT molecular complexity index is 747. The molecule has 8 heteroatoms. The van der Waals surface area contributed by atoms with Crippen LogP contribution in [0.5, 0.6) is 0 Å². The molecular weight excluding hydrogens is 353 g/mol. The number of nitrogens with zero attached hydrogens (tertiary/aromatic N) is 1. The molecule has 1 aromatic carbocycles. The third kappa shape index (κ3) is 5.45. The van der Waals surface area contributed by atoms with Gasteiger partial charge in [-0.15, -0.1) is 11.3 Å². The second-order valence-electron chi connectivity index (χ2n) is 6.47. The molecule has 4 nitrogen and oxygen atoms in total. The van der Waals surface area contributed by atoms with Crippen molar-refractivity contribution in [2.75, 3.05) is 0 Å². The monoisotopic (exact) mass is 372 g/mol. The average Bonchev–Trinajstić information content (AvgIpc) is 2.86. The van der Waals surface area contributed by atoms with E-state index in [1.165, 1.54) is 0 Å². The molecule has 0 aliphatic rings. The van der Waals surface area contributed by atoms with E-state index in [1.54, 1.807) is 52.0 Å². The van der Waals surface area contributed by atoms with Crippen molar-refractivity contribution in [1.82, 2.24) is 10.3 Å². The molecule has 0 bridgehead atoms. The van der Waals surface area contributed by atoms with Gasteiger partial charge in [-0.3, -0.25) is 0 Å². The first-order valence-corrected chi connectivity index (χ1v) is 8.38. The van der Waals surface area contributed by atoms with Crippen molar-refractivity contribution in [3.63, 3.8) is 0 Å². The van der Waals surface area contributed by atoms with Gasteiger partial charge in [-0.05, 0) is 33.3 Å². The van der Waals surface area contributed by atoms with Crippen molar-refractivity contribution in [3.8, 4) is 11.3 Å². The van der Waals surface area contributed by atoms with E-state index in [-0.39, 0.29) is 6.54 Å². The third-order valence-electron chi connectivity index (χ3n) is 3.10. The van der Waals surface area contributed by atoms with Gasteiger partial charge in [0.15, 0.2) is 5.01 Å². The summed E-state index contributed by atoms with van der Waals surface area (Å²) in [6.45, 7) is 7.19. The van der Waals surface area contributed by atoms with E-state index in [0.29, 0.717) is 27.5 Å². The van der Waals surface area contributed by atoms with Gasteiger partial charge in [0.1, 0.15) is 5.60 Å². The molecule has 25 heavy (non-hydrogen) atoms. The maximum Gasteiger partial charge on any atom is 0.443 e. The maximum atomic E-state index is 12.8. The smallest absolute Gasteiger partial charge is 0.443 e. The number of carbonyl (C=O) groups excluding carboxylic acids is 1. The first kappa shape index (κ1) is 19.2. The first-order chi connectivity index (χ1) is 11.5. The van der Waals surface area contributed by atoms with Gasteiger partial charge in [0.05, 0.1) is 5.69 Å². The Hall–Kier alpha value is -2.09. The van der Waals surface area contributed by atoms with E-state index in [1.807, 2.05) is 0 Å². The number of hydrogen-bond acceptors (Lipinski definition) is 4. The summed E-state index contributed by atoms with van der Waals surface area (Å²) in [4.78, 5) is 15.8. The van der Waals surface area contributed by atoms with Gasteiger partial charge in [-0.1, -0.05) is 24.3 Å². The molecule has 0 aliphatic heterocycles. The average molecular weight is 372 g/mol. The number of nitrogens with one attached hydrogen (secondary N) is 1. The highest BCUT2D eigenvalue weighted by atomic mass is 32.1. The maximum absolute atomic E-state index is 12.8. The summed E-state index contributed by atoms with van der Waals surface area (Å²) in [7, 11) is 0. The minimum Gasteiger partial charge on any atom is -0.444 e. The van der Waals surface area contributed by atoms with E-state index in [0.717, 1.165) is 5.56 Å². The van der Waals surface area contributed by atoms with Crippen LogP contribution in [0.4, 0.5) is 18.0 Å². The van der Waals surface area contributed by atoms with Gasteiger partial charge in [-0.25, -0.2) is 9.78 Å². The molecule has 0 aliphatic carbocycles. The molecule has 1 amide bonds. The first-order valence-electron chi connectivity index (χ1n) is 7.56.